The number of hydrogen-bond donors (Lipinski definition) is 2. The van der Waals surface area contributed by atoms with Crippen molar-refractivity contribution in [2.75, 3.05) is 13.1 Å². The maximum absolute atomic E-state index is 12.7. The topological polar surface area (TPSA) is 110 Å². The zero-order chi connectivity index (χ0) is 24.7. The van der Waals surface area contributed by atoms with Crippen molar-refractivity contribution in [1.29, 1.82) is 0 Å². The first-order chi connectivity index (χ1) is 16.6. The number of rotatable bonds is 5. The Morgan fingerprint density at radius 1 is 1.14 bits per heavy atom. The molecule has 2 atom stereocenters. The van der Waals surface area contributed by atoms with Crippen LogP contribution in [0.15, 0.2) is 22.6 Å². The first kappa shape index (κ1) is 24.3. The molecule has 1 aromatic heterocycles. The summed E-state index contributed by atoms with van der Waals surface area (Å²) >= 11 is 5.97. The number of piperidine rings is 1. The predicted molar refractivity (Wildman–Crippen MR) is 114 cm³/mol. The Bertz CT molecular complexity index is 1070. The van der Waals surface area contributed by atoms with E-state index < -0.39 is 24.7 Å². The van der Waals surface area contributed by atoms with Gasteiger partial charge in [0.1, 0.15) is 5.75 Å². The number of aliphatic hydroxyl groups is 1. The van der Waals surface area contributed by atoms with Crippen LogP contribution in [0.1, 0.15) is 67.4 Å². The van der Waals surface area contributed by atoms with Gasteiger partial charge in [-0.15, -0.1) is 23.4 Å². The van der Waals surface area contributed by atoms with Gasteiger partial charge < -0.3 is 14.3 Å². The van der Waals surface area contributed by atoms with E-state index in [9.17, 15) is 23.1 Å². The molecule has 3 heterocycles. The second-order valence-electron chi connectivity index (χ2n) is 9.11. The summed E-state index contributed by atoms with van der Waals surface area (Å²) in [5.74, 6) is 0.657. The Balaban J connectivity index is 1.09. The molecule has 1 amide bonds. The van der Waals surface area contributed by atoms with E-state index in [-0.39, 0.29) is 37.0 Å². The molecule has 1 unspecified atom stereocenters. The summed E-state index contributed by atoms with van der Waals surface area (Å²) in [6.07, 6.45) is -5.37. The van der Waals surface area contributed by atoms with E-state index >= 15 is 0 Å². The van der Waals surface area contributed by atoms with E-state index in [0.29, 0.717) is 54.0 Å². The molecule has 9 nitrogen and oxygen atoms in total. The van der Waals surface area contributed by atoms with Gasteiger partial charge in [-0.1, -0.05) is 11.6 Å². The molecule has 190 valence electrons. The number of alkyl halides is 3. The van der Waals surface area contributed by atoms with Crippen LogP contribution in [0.4, 0.5) is 13.2 Å². The van der Waals surface area contributed by atoms with Crippen LogP contribution in [0, 0.1) is 0 Å². The summed E-state index contributed by atoms with van der Waals surface area (Å²) in [5, 5.41) is 20.8. The van der Waals surface area contributed by atoms with E-state index in [1.165, 1.54) is 0 Å². The van der Waals surface area contributed by atoms with Gasteiger partial charge in [-0.3, -0.25) is 15.0 Å². The summed E-state index contributed by atoms with van der Waals surface area (Å²) in [7, 11) is 0. The van der Waals surface area contributed by atoms with Crippen LogP contribution in [-0.4, -0.2) is 57.9 Å². The predicted octanol–water partition coefficient (Wildman–Crippen LogP) is 3.60. The third-order valence-electron chi connectivity index (χ3n) is 6.64. The molecule has 0 bridgehead atoms. The molecule has 2 N–H and O–H groups in total. The smallest absolute Gasteiger partial charge is 0.480 e. The fourth-order valence-corrected chi connectivity index (χ4v) is 4.85. The van der Waals surface area contributed by atoms with Gasteiger partial charge in [-0.05, 0) is 43.9 Å². The molecule has 35 heavy (non-hydrogen) atoms. The molecule has 1 aromatic carbocycles. The summed E-state index contributed by atoms with van der Waals surface area (Å²) in [6.45, 7) is 1.08. The number of hydrazine groups is 1. The summed E-state index contributed by atoms with van der Waals surface area (Å²) < 4.78 is 52.4. The molecule has 13 heteroatoms. The Labute approximate surface area is 203 Å². The van der Waals surface area contributed by atoms with E-state index in [1.54, 1.807) is 23.2 Å². The lowest BCUT2D eigenvalue weighted by Crippen LogP contribution is -2.51. The average Bonchev–Trinajstić information content (AvgIpc) is 3.26. The molecule has 2 fully saturated rings. The Hall–Kier alpha value is -2.41. The monoisotopic (exact) mass is 516 g/mol. The lowest BCUT2D eigenvalue weighted by Gasteiger charge is -2.34. The minimum absolute atomic E-state index is 0.00363. The first-order valence-corrected chi connectivity index (χ1v) is 11.8. The minimum atomic E-state index is -4.64. The van der Waals surface area contributed by atoms with Crippen molar-refractivity contribution in [2.45, 2.75) is 68.6 Å². The molecule has 5 rings (SSSR count). The van der Waals surface area contributed by atoms with E-state index in [4.69, 9.17) is 20.8 Å². The number of nitrogens with one attached hydrogen (secondary N) is 1. The summed E-state index contributed by atoms with van der Waals surface area (Å²) in [4.78, 5) is 12.7. The van der Waals surface area contributed by atoms with Gasteiger partial charge in [-0.2, -0.15) is 0 Å². The Kier molecular flexibility index (Phi) is 6.64. The van der Waals surface area contributed by atoms with Gasteiger partial charge in [0.05, 0.1) is 12.2 Å². The molecule has 3 aliphatic rings. The molecule has 1 saturated carbocycles. The highest BCUT2D eigenvalue weighted by molar-refractivity contribution is 6.30. The van der Waals surface area contributed by atoms with Gasteiger partial charge in [0.2, 0.25) is 11.8 Å². The van der Waals surface area contributed by atoms with Gasteiger partial charge in [-0.25, -0.2) is 5.01 Å². The van der Waals surface area contributed by atoms with E-state index in [1.807, 2.05) is 0 Å². The fourth-order valence-electron chi connectivity index (χ4n) is 4.67. The number of carbonyl (C=O) groups is 1. The van der Waals surface area contributed by atoms with Crippen molar-refractivity contribution in [3.8, 4) is 5.75 Å². The van der Waals surface area contributed by atoms with Crippen molar-refractivity contribution < 1.29 is 37.0 Å². The van der Waals surface area contributed by atoms with Crippen LogP contribution in [-0.2, 0) is 9.53 Å². The van der Waals surface area contributed by atoms with Crippen LogP contribution < -0.4 is 10.2 Å². The zero-order valence-electron chi connectivity index (χ0n) is 18.5. The summed E-state index contributed by atoms with van der Waals surface area (Å²) in [6, 6.07) is 4.90. The lowest BCUT2D eigenvalue weighted by atomic mass is 9.82. The van der Waals surface area contributed by atoms with Gasteiger partial charge in [0, 0.05) is 41.9 Å². The van der Waals surface area contributed by atoms with Crippen molar-refractivity contribution in [2.24, 2.45) is 0 Å². The standard InChI is InChI=1S/C22H24ClF3N4O5/c23-13-1-2-17-15(9-13)16(31)10-18(33-17)19(32)29-30-5-3-11(4-6-30)20-27-28-21(34-20)12-7-14(8-12)35-22(24,25)26/h1-2,9,11-12,14,16,18,31H,3-8,10H2,(H,29,32)/t12?,14?,16-,18?/m1/s1. The highest BCUT2D eigenvalue weighted by atomic mass is 35.5. The number of halogens is 4. The fraction of sp³-hybridized carbons (Fsp3) is 0.591. The maximum Gasteiger partial charge on any atom is 0.522 e. The van der Waals surface area contributed by atoms with Gasteiger partial charge >= 0.3 is 6.36 Å². The molecule has 1 saturated heterocycles. The number of ether oxygens (including phenoxy) is 2. The van der Waals surface area contributed by atoms with Crippen LogP contribution in [0.3, 0.4) is 0 Å². The molecule has 2 aromatic rings. The third kappa shape index (κ3) is 5.55. The average molecular weight is 517 g/mol. The molecule has 1 aliphatic carbocycles. The van der Waals surface area contributed by atoms with E-state index in [2.05, 4.69) is 20.4 Å². The van der Waals surface area contributed by atoms with E-state index in [0.717, 1.165) is 0 Å². The number of nitrogens with zero attached hydrogens (tertiary/aromatic N) is 3. The first-order valence-electron chi connectivity index (χ1n) is 11.4. The zero-order valence-corrected chi connectivity index (χ0v) is 19.3. The van der Waals surface area contributed by atoms with Crippen LogP contribution in [0.25, 0.3) is 0 Å². The number of amides is 1. The van der Waals surface area contributed by atoms with Crippen molar-refractivity contribution >= 4 is 17.5 Å². The second-order valence-corrected chi connectivity index (χ2v) is 9.55. The number of aromatic nitrogens is 2. The van der Waals surface area contributed by atoms with Gasteiger partial charge in [0.15, 0.2) is 6.10 Å². The SMILES string of the molecule is O=C(NN1CCC(c2nnc(C3CC(OC(F)(F)F)C3)o2)CC1)C1C[C@@H](O)c2cc(Cl)ccc2O1. The van der Waals surface area contributed by atoms with Crippen LogP contribution in [0.5, 0.6) is 5.75 Å². The van der Waals surface area contributed by atoms with Crippen molar-refractivity contribution in [1.82, 2.24) is 20.6 Å². The lowest BCUT2D eigenvalue weighted by molar-refractivity contribution is -0.352. The van der Waals surface area contributed by atoms with Crippen LogP contribution in [0.2, 0.25) is 5.02 Å². The highest BCUT2D eigenvalue weighted by Crippen LogP contribution is 2.41. The normalized spacial score (nSPS) is 27.6. The third-order valence-corrected chi connectivity index (χ3v) is 6.88. The Morgan fingerprint density at radius 3 is 2.51 bits per heavy atom. The number of hydrogen-bond acceptors (Lipinski definition) is 8. The molecule has 2 aliphatic heterocycles. The minimum Gasteiger partial charge on any atom is -0.480 e. The van der Waals surface area contributed by atoms with Crippen LogP contribution >= 0.6 is 11.6 Å². The molecule has 0 radical (unpaired) electrons. The Morgan fingerprint density at radius 2 is 1.83 bits per heavy atom. The summed E-state index contributed by atoms with van der Waals surface area (Å²) in [5.41, 5.74) is 3.41. The van der Waals surface area contributed by atoms with Crippen molar-refractivity contribution in [3.05, 3.63) is 40.6 Å². The number of carbonyl (C=O) groups excluding carboxylic acids is 1. The number of aliphatic hydroxyl groups excluding tert-OH is 1. The second kappa shape index (κ2) is 9.57. The highest BCUT2D eigenvalue weighted by Gasteiger charge is 2.43. The number of benzene rings is 1. The maximum atomic E-state index is 12.7. The molecular weight excluding hydrogens is 493 g/mol. The quantitative estimate of drug-likeness (QED) is 0.620. The molecular formula is C22H24ClF3N4O5. The molecule has 0 spiro atoms. The largest absolute Gasteiger partial charge is 0.522 e. The van der Waals surface area contributed by atoms with Crippen molar-refractivity contribution in [3.63, 3.8) is 0 Å². The number of fused-ring (bicyclic) bond motifs is 1. The van der Waals surface area contributed by atoms with Gasteiger partial charge in [0.25, 0.3) is 5.91 Å².